The molecule has 2 heterocycles. The fourth-order valence-corrected chi connectivity index (χ4v) is 5.88. The van der Waals surface area contributed by atoms with Gasteiger partial charge in [0.1, 0.15) is 29.7 Å². The maximum Gasteiger partial charge on any atom is 0.410 e. The van der Waals surface area contributed by atoms with Crippen LogP contribution in [0.15, 0.2) is 42.5 Å². The van der Waals surface area contributed by atoms with Crippen molar-refractivity contribution in [2.75, 3.05) is 78.3 Å². The summed E-state index contributed by atoms with van der Waals surface area (Å²) in [5.74, 6) is 0.854. The van der Waals surface area contributed by atoms with Crippen molar-refractivity contribution in [1.82, 2.24) is 4.90 Å². The zero-order valence-corrected chi connectivity index (χ0v) is 29.0. The average Bonchev–Trinajstić information content (AvgIpc) is 3.04. The molecule has 11 nitrogen and oxygen atoms in total. The summed E-state index contributed by atoms with van der Waals surface area (Å²) >= 11 is 0. The highest BCUT2D eigenvalue weighted by atomic mass is 16.6. The van der Waals surface area contributed by atoms with E-state index in [4.69, 9.17) is 33.2 Å². The van der Waals surface area contributed by atoms with Gasteiger partial charge in [-0.05, 0) is 62.9 Å². The summed E-state index contributed by atoms with van der Waals surface area (Å²) in [4.78, 5) is 17.3. The molecule has 1 amide bonds. The molecule has 2 aromatic rings. The van der Waals surface area contributed by atoms with Crippen LogP contribution in [0, 0.1) is 0 Å². The van der Waals surface area contributed by atoms with Gasteiger partial charge in [0, 0.05) is 40.3 Å². The van der Waals surface area contributed by atoms with E-state index in [0.29, 0.717) is 46.0 Å². The van der Waals surface area contributed by atoms with Gasteiger partial charge in [-0.3, -0.25) is 0 Å². The smallest absolute Gasteiger partial charge is 0.410 e. The fourth-order valence-electron chi connectivity index (χ4n) is 5.88. The Morgan fingerprint density at radius 1 is 1.02 bits per heavy atom. The quantitative estimate of drug-likeness (QED) is 0.250. The molecule has 262 valence electrons. The lowest BCUT2D eigenvalue weighted by atomic mass is 9.81. The molecule has 4 rings (SSSR count). The standard InChI is InChI=1S/C36H54N2O9/c1-27(39)24-46-36(30-11-8-28(9-12-30)25-43-21-20-42-6)14-16-38(34(40)47-35(2,3)4)23-33(36)45-26-29-10-13-32-31(22-29)37(17-19-44-32)15-7-18-41-5/h8-13,22,27,33,39H,7,14-21,23-26H2,1-6H3/t27-,33+,36+/m1/s1. The highest BCUT2D eigenvalue weighted by Gasteiger charge is 2.48. The first-order chi connectivity index (χ1) is 22.5. The van der Waals surface area contributed by atoms with E-state index in [1.807, 2.05) is 57.2 Å². The summed E-state index contributed by atoms with van der Waals surface area (Å²) in [6.07, 6.45) is -0.263. The van der Waals surface area contributed by atoms with Crippen LogP contribution in [0.25, 0.3) is 0 Å². The zero-order valence-electron chi connectivity index (χ0n) is 29.0. The number of nitrogens with zero attached hydrogens (tertiary/aromatic N) is 2. The zero-order chi connectivity index (χ0) is 33.9. The summed E-state index contributed by atoms with van der Waals surface area (Å²) in [7, 11) is 3.37. The summed E-state index contributed by atoms with van der Waals surface area (Å²) in [6, 6.07) is 14.2. The predicted molar refractivity (Wildman–Crippen MR) is 179 cm³/mol. The van der Waals surface area contributed by atoms with Crippen LogP contribution in [0.1, 0.15) is 57.2 Å². The molecule has 2 aromatic carbocycles. The lowest BCUT2D eigenvalue weighted by molar-refractivity contribution is -0.194. The second kappa shape index (κ2) is 17.5. The van der Waals surface area contributed by atoms with Crippen LogP contribution >= 0.6 is 0 Å². The van der Waals surface area contributed by atoms with Crippen molar-refractivity contribution in [3.8, 4) is 5.75 Å². The third-order valence-corrected chi connectivity index (χ3v) is 8.25. The van der Waals surface area contributed by atoms with Gasteiger partial charge < -0.3 is 48.1 Å². The molecule has 0 spiro atoms. The highest BCUT2D eigenvalue weighted by Crippen LogP contribution is 2.41. The number of likely N-dealkylation sites (tertiary alicyclic amines) is 1. The van der Waals surface area contributed by atoms with Crippen LogP contribution in [0.3, 0.4) is 0 Å². The monoisotopic (exact) mass is 658 g/mol. The summed E-state index contributed by atoms with van der Waals surface area (Å²) in [5, 5.41) is 10.3. The van der Waals surface area contributed by atoms with Gasteiger partial charge in [0.15, 0.2) is 0 Å². The van der Waals surface area contributed by atoms with E-state index in [0.717, 1.165) is 47.6 Å². The second-order valence-corrected chi connectivity index (χ2v) is 13.3. The molecule has 0 bridgehead atoms. The van der Waals surface area contributed by atoms with Crippen LogP contribution < -0.4 is 9.64 Å². The van der Waals surface area contributed by atoms with Gasteiger partial charge >= 0.3 is 6.09 Å². The van der Waals surface area contributed by atoms with E-state index in [1.165, 1.54) is 0 Å². The normalized spacial score (nSPS) is 20.4. The molecule has 1 fully saturated rings. The van der Waals surface area contributed by atoms with Crippen molar-refractivity contribution >= 4 is 11.8 Å². The van der Waals surface area contributed by atoms with E-state index in [1.54, 1.807) is 26.0 Å². The third-order valence-electron chi connectivity index (χ3n) is 8.25. The molecule has 0 aliphatic carbocycles. The number of rotatable bonds is 16. The van der Waals surface area contributed by atoms with Crippen molar-refractivity contribution in [1.29, 1.82) is 0 Å². The molecule has 2 aliphatic rings. The summed E-state index contributed by atoms with van der Waals surface area (Å²) < 4.78 is 41.1. The van der Waals surface area contributed by atoms with Crippen molar-refractivity contribution in [2.45, 2.75) is 77.2 Å². The lowest BCUT2D eigenvalue weighted by Crippen LogP contribution is -2.58. The summed E-state index contributed by atoms with van der Waals surface area (Å²) in [6.45, 7) is 12.9. The van der Waals surface area contributed by atoms with E-state index in [2.05, 4.69) is 11.0 Å². The number of hydrogen-bond donors (Lipinski definition) is 1. The number of methoxy groups -OCH3 is 2. The number of ether oxygens (including phenoxy) is 7. The third kappa shape index (κ3) is 10.5. The number of anilines is 1. The number of amides is 1. The van der Waals surface area contributed by atoms with Gasteiger partial charge in [-0.2, -0.15) is 0 Å². The molecule has 0 saturated carbocycles. The van der Waals surface area contributed by atoms with Crippen molar-refractivity contribution in [3.05, 3.63) is 59.2 Å². The topological polar surface area (TPSA) is 108 Å². The van der Waals surface area contributed by atoms with Crippen LogP contribution in [0.4, 0.5) is 10.5 Å². The first-order valence-corrected chi connectivity index (χ1v) is 16.6. The molecule has 0 radical (unpaired) electrons. The van der Waals surface area contributed by atoms with Gasteiger partial charge in [-0.15, -0.1) is 0 Å². The minimum Gasteiger partial charge on any atom is -0.490 e. The Bertz CT molecular complexity index is 1250. The lowest BCUT2D eigenvalue weighted by Gasteiger charge is -2.47. The van der Waals surface area contributed by atoms with Crippen LogP contribution in [-0.4, -0.2) is 107 Å². The minimum absolute atomic E-state index is 0.112. The second-order valence-electron chi connectivity index (χ2n) is 13.3. The SMILES string of the molecule is COCCCN1CCOc2ccc(CO[C@H]3CN(C(=O)OC(C)(C)C)CC[C@]3(OC[C@@H](C)O)c3ccc(COCCOC)cc3)cc21. The van der Waals surface area contributed by atoms with Crippen molar-refractivity contribution < 1.29 is 43.1 Å². The molecular weight excluding hydrogens is 604 g/mol. The van der Waals surface area contributed by atoms with E-state index >= 15 is 0 Å². The molecule has 11 heteroatoms. The van der Waals surface area contributed by atoms with Gasteiger partial charge in [0.25, 0.3) is 0 Å². The Hall–Kier alpha value is -2.93. The van der Waals surface area contributed by atoms with Crippen LogP contribution in [0.5, 0.6) is 5.75 Å². The number of piperidine rings is 1. The highest BCUT2D eigenvalue weighted by molar-refractivity contribution is 5.68. The van der Waals surface area contributed by atoms with Crippen molar-refractivity contribution in [2.24, 2.45) is 0 Å². The van der Waals surface area contributed by atoms with Gasteiger partial charge in [0.2, 0.25) is 0 Å². The molecule has 1 N–H and O–H groups in total. The van der Waals surface area contributed by atoms with Gasteiger partial charge in [-0.25, -0.2) is 4.79 Å². The van der Waals surface area contributed by atoms with Crippen LogP contribution in [-0.2, 0) is 47.2 Å². The first-order valence-electron chi connectivity index (χ1n) is 16.6. The minimum atomic E-state index is -0.922. The van der Waals surface area contributed by atoms with Crippen molar-refractivity contribution in [3.63, 3.8) is 0 Å². The molecule has 0 unspecified atom stereocenters. The number of carbonyl (C=O) groups is 1. The largest absolute Gasteiger partial charge is 0.490 e. The average molecular weight is 659 g/mol. The number of carbonyl (C=O) groups excluding carboxylic acids is 1. The maximum atomic E-state index is 13.3. The molecule has 1 saturated heterocycles. The predicted octanol–water partition coefficient (Wildman–Crippen LogP) is 4.90. The molecule has 47 heavy (non-hydrogen) atoms. The number of aliphatic hydroxyl groups excluding tert-OH is 1. The first kappa shape index (κ1) is 36.9. The summed E-state index contributed by atoms with van der Waals surface area (Å²) in [5.41, 5.74) is 2.39. The number of aliphatic hydroxyl groups is 1. The fraction of sp³-hybridized carbons (Fsp3) is 0.639. The Labute approximate surface area is 280 Å². The van der Waals surface area contributed by atoms with E-state index < -0.39 is 29.5 Å². The molecule has 2 aliphatic heterocycles. The number of benzene rings is 2. The van der Waals surface area contributed by atoms with Crippen LogP contribution in [0.2, 0.25) is 0 Å². The molecular formula is C36H54N2O9. The van der Waals surface area contributed by atoms with Gasteiger partial charge in [-0.1, -0.05) is 30.3 Å². The van der Waals surface area contributed by atoms with Gasteiger partial charge in [0.05, 0.1) is 57.9 Å². The number of hydrogen-bond acceptors (Lipinski definition) is 10. The number of fused-ring (bicyclic) bond motifs is 1. The van der Waals surface area contributed by atoms with E-state index in [9.17, 15) is 9.90 Å². The molecule has 0 aromatic heterocycles. The maximum absolute atomic E-state index is 13.3. The Morgan fingerprint density at radius 3 is 2.47 bits per heavy atom. The Balaban J connectivity index is 1.61. The Kier molecular flexibility index (Phi) is 13.7. The molecule has 3 atom stereocenters. The van der Waals surface area contributed by atoms with E-state index in [-0.39, 0.29) is 19.8 Å². The Morgan fingerprint density at radius 2 is 1.77 bits per heavy atom.